The summed E-state index contributed by atoms with van der Waals surface area (Å²) in [6, 6.07) is 5.85. The minimum atomic E-state index is -0.301. The van der Waals surface area contributed by atoms with Gasteiger partial charge in [0.15, 0.2) is 0 Å². The van der Waals surface area contributed by atoms with Crippen LogP contribution in [-0.4, -0.2) is 30.1 Å². The Balaban J connectivity index is 2.03. The van der Waals surface area contributed by atoms with Crippen LogP contribution in [-0.2, 0) is 0 Å². The van der Waals surface area contributed by atoms with Gasteiger partial charge in [0.1, 0.15) is 5.75 Å². The van der Waals surface area contributed by atoms with Gasteiger partial charge in [-0.15, -0.1) is 0 Å². The van der Waals surface area contributed by atoms with Gasteiger partial charge in [-0.05, 0) is 31.9 Å². The number of ether oxygens (including phenoxy) is 1. The van der Waals surface area contributed by atoms with E-state index in [9.17, 15) is 4.79 Å². The zero-order valence-electron chi connectivity index (χ0n) is 10.3. The number of hydrogen-bond acceptors (Lipinski definition) is 3. The summed E-state index contributed by atoms with van der Waals surface area (Å²) in [5.41, 5.74) is 7.89. The molecule has 2 rings (SSSR count). The number of rotatable bonds is 1. The smallest absolute Gasteiger partial charge is 0.410 e. The number of aryl methyl sites for hydroxylation is 2. The molecule has 1 saturated heterocycles. The molecule has 0 radical (unpaired) electrons. The summed E-state index contributed by atoms with van der Waals surface area (Å²) < 4.78 is 5.36. The Labute approximate surface area is 101 Å². The first-order chi connectivity index (χ1) is 8.06. The maximum absolute atomic E-state index is 11.8. The highest BCUT2D eigenvalue weighted by atomic mass is 16.6. The van der Waals surface area contributed by atoms with Crippen molar-refractivity contribution in [3.05, 3.63) is 29.3 Å². The van der Waals surface area contributed by atoms with E-state index in [1.54, 1.807) is 4.90 Å². The summed E-state index contributed by atoms with van der Waals surface area (Å²) >= 11 is 0. The predicted molar refractivity (Wildman–Crippen MR) is 66.1 cm³/mol. The summed E-state index contributed by atoms with van der Waals surface area (Å²) in [4.78, 5) is 13.5. The van der Waals surface area contributed by atoms with E-state index >= 15 is 0 Å². The van der Waals surface area contributed by atoms with E-state index in [2.05, 4.69) is 0 Å². The molecule has 0 aliphatic carbocycles. The van der Waals surface area contributed by atoms with Gasteiger partial charge in [-0.25, -0.2) is 4.79 Å². The second kappa shape index (κ2) is 4.75. The molecule has 1 aromatic carbocycles. The lowest BCUT2D eigenvalue weighted by atomic mass is 10.1. The summed E-state index contributed by atoms with van der Waals surface area (Å²) in [6.07, 6.45) is 0.548. The van der Waals surface area contributed by atoms with Crippen LogP contribution in [0.15, 0.2) is 18.2 Å². The number of carbonyl (C=O) groups is 1. The van der Waals surface area contributed by atoms with Crippen LogP contribution in [0, 0.1) is 13.8 Å². The van der Waals surface area contributed by atoms with E-state index < -0.39 is 0 Å². The van der Waals surface area contributed by atoms with Crippen LogP contribution in [0.2, 0.25) is 0 Å². The van der Waals surface area contributed by atoms with E-state index in [0.717, 1.165) is 17.5 Å². The molecule has 0 saturated carbocycles. The fourth-order valence-electron chi connectivity index (χ4n) is 2.03. The maximum Gasteiger partial charge on any atom is 0.415 e. The number of nitrogens with two attached hydrogens (primary N) is 1. The largest absolute Gasteiger partial charge is 0.415 e. The van der Waals surface area contributed by atoms with Gasteiger partial charge in [0.2, 0.25) is 0 Å². The molecule has 17 heavy (non-hydrogen) atoms. The monoisotopic (exact) mass is 234 g/mol. The van der Waals surface area contributed by atoms with Crippen LogP contribution < -0.4 is 10.5 Å². The maximum atomic E-state index is 11.8. The van der Waals surface area contributed by atoms with Crippen molar-refractivity contribution in [3.8, 4) is 5.75 Å². The van der Waals surface area contributed by atoms with E-state index in [1.807, 2.05) is 32.0 Å². The van der Waals surface area contributed by atoms with Gasteiger partial charge in [-0.2, -0.15) is 0 Å². The fraction of sp³-hybridized carbons (Fsp3) is 0.462. The first kappa shape index (κ1) is 11.9. The Morgan fingerprint density at radius 3 is 2.82 bits per heavy atom. The summed E-state index contributed by atoms with van der Waals surface area (Å²) in [5.74, 6) is 0.626. The average molecular weight is 234 g/mol. The van der Waals surface area contributed by atoms with Crippen LogP contribution in [0.1, 0.15) is 17.5 Å². The Hall–Kier alpha value is -1.55. The average Bonchev–Trinajstić information content (AvgIpc) is 2.69. The van der Waals surface area contributed by atoms with E-state index in [1.165, 1.54) is 0 Å². The van der Waals surface area contributed by atoms with Gasteiger partial charge in [-0.3, -0.25) is 0 Å². The minimum Gasteiger partial charge on any atom is -0.410 e. The Kier molecular flexibility index (Phi) is 3.33. The van der Waals surface area contributed by atoms with Gasteiger partial charge in [0.05, 0.1) is 0 Å². The van der Waals surface area contributed by atoms with Crippen LogP contribution in [0.4, 0.5) is 4.79 Å². The van der Waals surface area contributed by atoms with Gasteiger partial charge >= 0.3 is 6.09 Å². The molecule has 0 spiro atoms. The molecule has 92 valence electrons. The lowest BCUT2D eigenvalue weighted by molar-refractivity contribution is 0.162. The highest BCUT2D eigenvalue weighted by Gasteiger charge is 2.25. The highest BCUT2D eigenvalue weighted by Crippen LogP contribution is 2.20. The lowest BCUT2D eigenvalue weighted by Crippen LogP contribution is -2.34. The normalized spacial score (nSPS) is 19.5. The molecule has 4 heteroatoms. The van der Waals surface area contributed by atoms with Gasteiger partial charge in [-0.1, -0.05) is 17.7 Å². The van der Waals surface area contributed by atoms with Crippen molar-refractivity contribution in [1.29, 1.82) is 0 Å². The van der Waals surface area contributed by atoms with Crippen LogP contribution in [0.3, 0.4) is 0 Å². The molecule has 1 aliphatic heterocycles. The lowest BCUT2D eigenvalue weighted by Gasteiger charge is -2.16. The molecule has 1 fully saturated rings. The molecule has 0 bridgehead atoms. The zero-order chi connectivity index (χ0) is 12.4. The quantitative estimate of drug-likeness (QED) is 0.806. The van der Waals surface area contributed by atoms with Crippen molar-refractivity contribution < 1.29 is 9.53 Å². The summed E-state index contributed by atoms with van der Waals surface area (Å²) in [7, 11) is 0. The fourth-order valence-corrected chi connectivity index (χ4v) is 2.03. The van der Waals surface area contributed by atoms with Crippen molar-refractivity contribution in [2.75, 3.05) is 13.1 Å². The summed E-state index contributed by atoms with van der Waals surface area (Å²) in [5, 5.41) is 0. The van der Waals surface area contributed by atoms with E-state index in [4.69, 9.17) is 10.5 Å². The molecular formula is C13H18N2O2. The van der Waals surface area contributed by atoms with Crippen molar-refractivity contribution >= 4 is 6.09 Å². The van der Waals surface area contributed by atoms with E-state index in [-0.39, 0.29) is 12.1 Å². The highest BCUT2D eigenvalue weighted by molar-refractivity contribution is 5.71. The topological polar surface area (TPSA) is 55.6 Å². The van der Waals surface area contributed by atoms with Gasteiger partial charge in [0.25, 0.3) is 0 Å². The molecular weight excluding hydrogens is 216 g/mol. The van der Waals surface area contributed by atoms with Gasteiger partial charge < -0.3 is 15.4 Å². The number of likely N-dealkylation sites (tertiary alicyclic amines) is 1. The number of hydrogen-bond donors (Lipinski definition) is 1. The number of amides is 1. The molecule has 1 aromatic rings. The number of benzene rings is 1. The second-order valence-corrected chi connectivity index (χ2v) is 4.63. The Bertz CT molecular complexity index is 431. The first-order valence-corrected chi connectivity index (χ1v) is 5.86. The first-order valence-electron chi connectivity index (χ1n) is 5.86. The van der Waals surface area contributed by atoms with Crippen molar-refractivity contribution in [2.24, 2.45) is 5.73 Å². The van der Waals surface area contributed by atoms with Crippen molar-refractivity contribution in [2.45, 2.75) is 26.3 Å². The molecule has 1 heterocycles. The zero-order valence-corrected chi connectivity index (χ0v) is 10.3. The van der Waals surface area contributed by atoms with Crippen LogP contribution >= 0.6 is 0 Å². The number of nitrogens with zero attached hydrogens (tertiary/aromatic N) is 1. The van der Waals surface area contributed by atoms with Crippen LogP contribution in [0.25, 0.3) is 0 Å². The van der Waals surface area contributed by atoms with E-state index in [0.29, 0.717) is 18.8 Å². The molecule has 2 N–H and O–H groups in total. The third-order valence-electron chi connectivity index (χ3n) is 3.01. The third-order valence-corrected chi connectivity index (χ3v) is 3.01. The molecule has 1 unspecified atom stereocenters. The second-order valence-electron chi connectivity index (χ2n) is 4.63. The van der Waals surface area contributed by atoms with Gasteiger partial charge in [0, 0.05) is 19.1 Å². The Morgan fingerprint density at radius 1 is 1.47 bits per heavy atom. The minimum absolute atomic E-state index is 0.0849. The predicted octanol–water partition coefficient (Wildman–Crippen LogP) is 1.84. The molecule has 1 atom stereocenters. The molecule has 1 aliphatic rings. The number of carbonyl (C=O) groups excluding carboxylic acids is 1. The standard InChI is InChI=1S/C13H18N2O2/c1-9-3-4-12(10(2)7-9)17-13(16)15-6-5-11(14)8-15/h3-4,7,11H,5-6,8,14H2,1-2H3. The van der Waals surface area contributed by atoms with Crippen molar-refractivity contribution in [1.82, 2.24) is 4.90 Å². The molecule has 1 amide bonds. The molecule has 0 aromatic heterocycles. The SMILES string of the molecule is Cc1ccc(OC(=O)N2CCC(N)C2)c(C)c1. The van der Waals surface area contributed by atoms with Crippen LogP contribution in [0.5, 0.6) is 5.75 Å². The third kappa shape index (κ3) is 2.77. The Morgan fingerprint density at radius 2 is 2.24 bits per heavy atom. The van der Waals surface area contributed by atoms with Crippen molar-refractivity contribution in [3.63, 3.8) is 0 Å². The summed E-state index contributed by atoms with van der Waals surface area (Å²) in [6.45, 7) is 5.22. The molecule has 4 nitrogen and oxygen atoms in total.